The quantitative estimate of drug-likeness (QED) is 0.468. The van der Waals surface area contributed by atoms with Gasteiger partial charge in [-0.3, -0.25) is 0 Å². The van der Waals surface area contributed by atoms with Gasteiger partial charge in [0.2, 0.25) is 6.05 Å². The predicted molar refractivity (Wildman–Crippen MR) is 37.2 cm³/mol. The van der Waals surface area contributed by atoms with E-state index in [0.717, 1.165) is 6.42 Å². The molecule has 1 atom stereocenters. The van der Waals surface area contributed by atoms with Crippen molar-refractivity contribution in [2.45, 2.75) is 25.4 Å². The summed E-state index contributed by atoms with van der Waals surface area (Å²) in [6, 6.07) is -1.49. The third kappa shape index (κ3) is 3.43. The van der Waals surface area contributed by atoms with Gasteiger partial charge in [0.05, 0.1) is 0 Å². The molecule has 4 heteroatoms. The molecule has 0 aliphatic carbocycles. The SMILES string of the molecule is CCC[SiH](S)C(F)F. The summed E-state index contributed by atoms with van der Waals surface area (Å²) in [4.78, 5) is 0. The Hall–Kier alpha value is 0.427. The Balaban J connectivity index is 3.17. The molecule has 0 saturated carbocycles. The van der Waals surface area contributed by atoms with Gasteiger partial charge in [-0.1, -0.05) is 13.3 Å². The van der Waals surface area contributed by atoms with E-state index in [2.05, 4.69) is 12.1 Å². The first-order valence-electron chi connectivity index (χ1n) is 2.64. The summed E-state index contributed by atoms with van der Waals surface area (Å²) in [5.74, 6) is 0. The van der Waals surface area contributed by atoms with Crippen LogP contribution in [0.15, 0.2) is 0 Å². The average Bonchev–Trinajstić information content (AvgIpc) is 1.67. The first-order valence-corrected chi connectivity index (χ1v) is 6.19. The lowest BCUT2D eigenvalue weighted by molar-refractivity contribution is 0.236. The molecule has 0 amide bonds. The Morgan fingerprint density at radius 1 is 1.62 bits per heavy atom. The van der Waals surface area contributed by atoms with Crippen LogP contribution in [-0.2, 0) is 0 Å². The summed E-state index contributed by atoms with van der Waals surface area (Å²) in [7, 11) is -1.91. The lowest BCUT2D eigenvalue weighted by Gasteiger charge is -2.02. The van der Waals surface area contributed by atoms with Crippen molar-refractivity contribution in [2.75, 3.05) is 0 Å². The van der Waals surface area contributed by atoms with Crippen LogP contribution in [0.25, 0.3) is 0 Å². The Morgan fingerprint density at radius 2 is 2.12 bits per heavy atom. The van der Waals surface area contributed by atoms with E-state index < -0.39 is 14.0 Å². The fourth-order valence-corrected chi connectivity index (χ4v) is 2.04. The lowest BCUT2D eigenvalue weighted by Crippen LogP contribution is -2.15. The van der Waals surface area contributed by atoms with Crippen molar-refractivity contribution < 1.29 is 8.78 Å². The third-order valence-electron chi connectivity index (χ3n) is 0.875. The molecule has 0 radical (unpaired) electrons. The van der Waals surface area contributed by atoms with Gasteiger partial charge in [-0.15, -0.1) is 0 Å². The topological polar surface area (TPSA) is 0 Å². The summed E-state index contributed by atoms with van der Waals surface area (Å²) in [5, 5.41) is 0. The zero-order valence-corrected chi connectivity index (χ0v) is 6.82. The van der Waals surface area contributed by atoms with Crippen molar-refractivity contribution in [3.63, 3.8) is 0 Å². The summed E-state index contributed by atoms with van der Waals surface area (Å²) in [6.45, 7) is 1.90. The number of hydrogen-bond acceptors (Lipinski definition) is 1. The lowest BCUT2D eigenvalue weighted by atomic mass is 10.6. The Bertz CT molecular complexity index is 60.0. The summed E-state index contributed by atoms with van der Waals surface area (Å²) >= 11 is 3.79. The van der Waals surface area contributed by atoms with Crippen LogP contribution in [0.1, 0.15) is 13.3 Å². The van der Waals surface area contributed by atoms with Crippen molar-refractivity contribution in [1.29, 1.82) is 0 Å². The molecular weight excluding hydrogens is 146 g/mol. The van der Waals surface area contributed by atoms with Gasteiger partial charge < -0.3 is 0 Å². The zero-order valence-electron chi connectivity index (χ0n) is 4.77. The molecule has 0 rings (SSSR count). The Labute approximate surface area is 54.9 Å². The van der Waals surface area contributed by atoms with Gasteiger partial charge in [0.1, 0.15) is 0 Å². The van der Waals surface area contributed by atoms with Gasteiger partial charge in [-0.25, -0.2) is 8.78 Å². The number of hydrogen-bond donors (Lipinski definition) is 1. The van der Waals surface area contributed by atoms with Crippen molar-refractivity contribution in [3.8, 4) is 0 Å². The van der Waals surface area contributed by atoms with Gasteiger partial charge in [0, 0.05) is 0 Å². The highest BCUT2D eigenvalue weighted by molar-refractivity contribution is 8.10. The maximum atomic E-state index is 11.6. The van der Waals surface area contributed by atoms with Crippen molar-refractivity contribution >= 4 is 20.0 Å². The van der Waals surface area contributed by atoms with E-state index in [1.54, 1.807) is 0 Å². The first kappa shape index (κ1) is 8.43. The molecule has 50 valence electrons. The minimum absolute atomic E-state index is 0.640. The van der Waals surface area contributed by atoms with Gasteiger partial charge in [0.15, 0.2) is 7.95 Å². The second kappa shape index (κ2) is 4.32. The molecule has 0 aliphatic heterocycles. The second-order valence-electron chi connectivity index (χ2n) is 1.69. The molecule has 0 aromatic carbocycles. The minimum atomic E-state index is -2.13. The van der Waals surface area contributed by atoms with Gasteiger partial charge in [-0.05, 0) is 6.04 Å². The standard InChI is InChI=1S/C4H10F2SSi/c1-2-3-8(7)4(5)6/h4,7-8H,2-3H2,1H3. The third-order valence-corrected chi connectivity index (χ3v) is 4.08. The molecule has 0 bridgehead atoms. The van der Waals surface area contributed by atoms with Crippen LogP contribution in [0, 0.1) is 0 Å². The largest absolute Gasteiger partial charge is 0.228 e. The predicted octanol–water partition coefficient (Wildman–Crippen LogP) is 1.85. The maximum absolute atomic E-state index is 11.6. The highest BCUT2D eigenvalue weighted by Crippen LogP contribution is 2.09. The van der Waals surface area contributed by atoms with E-state index in [9.17, 15) is 8.78 Å². The summed E-state index contributed by atoms with van der Waals surface area (Å²) in [6.07, 6.45) is 0.838. The molecule has 0 heterocycles. The van der Waals surface area contributed by atoms with Crippen LogP contribution in [0.4, 0.5) is 8.78 Å². The molecule has 0 N–H and O–H groups in total. The van der Waals surface area contributed by atoms with E-state index in [1.165, 1.54) is 0 Å². The maximum Gasteiger partial charge on any atom is 0.228 e. The van der Waals surface area contributed by atoms with E-state index in [4.69, 9.17) is 0 Å². The van der Waals surface area contributed by atoms with Crippen LogP contribution in [0.5, 0.6) is 0 Å². The smallest absolute Gasteiger partial charge is 0.215 e. The van der Waals surface area contributed by atoms with Crippen molar-refractivity contribution in [3.05, 3.63) is 0 Å². The first-order chi connectivity index (χ1) is 3.68. The van der Waals surface area contributed by atoms with E-state index in [0.29, 0.717) is 6.04 Å². The van der Waals surface area contributed by atoms with Gasteiger partial charge >= 0.3 is 0 Å². The fourth-order valence-electron chi connectivity index (χ4n) is 0.422. The normalized spacial score (nSPS) is 14.6. The highest BCUT2D eigenvalue weighted by Gasteiger charge is 2.15. The molecular formula is C4H10F2SSi. The highest BCUT2D eigenvalue weighted by atomic mass is 32.3. The Morgan fingerprint density at radius 3 is 2.25 bits per heavy atom. The molecule has 0 aromatic heterocycles. The Kier molecular flexibility index (Phi) is 4.55. The number of halogens is 2. The number of rotatable bonds is 3. The van der Waals surface area contributed by atoms with Crippen LogP contribution >= 0.6 is 12.1 Å². The van der Waals surface area contributed by atoms with E-state index in [-0.39, 0.29) is 0 Å². The van der Waals surface area contributed by atoms with Crippen molar-refractivity contribution in [1.82, 2.24) is 0 Å². The van der Waals surface area contributed by atoms with Crippen LogP contribution in [0.2, 0.25) is 6.04 Å². The van der Waals surface area contributed by atoms with Crippen molar-refractivity contribution in [2.24, 2.45) is 0 Å². The number of alkyl halides is 2. The molecule has 0 spiro atoms. The second-order valence-corrected chi connectivity index (χ2v) is 5.90. The molecule has 0 fully saturated rings. The minimum Gasteiger partial charge on any atom is -0.215 e. The van der Waals surface area contributed by atoms with Crippen LogP contribution < -0.4 is 0 Å². The molecule has 0 aromatic rings. The molecule has 0 aliphatic rings. The summed E-state index contributed by atoms with van der Waals surface area (Å²) in [5.41, 5.74) is 0. The summed E-state index contributed by atoms with van der Waals surface area (Å²) < 4.78 is 23.2. The van der Waals surface area contributed by atoms with Gasteiger partial charge in [0.25, 0.3) is 0 Å². The van der Waals surface area contributed by atoms with E-state index in [1.807, 2.05) is 6.92 Å². The van der Waals surface area contributed by atoms with Crippen LogP contribution in [-0.4, -0.2) is 14.0 Å². The van der Waals surface area contributed by atoms with Gasteiger partial charge in [-0.2, -0.15) is 12.1 Å². The average molecular weight is 156 g/mol. The zero-order chi connectivity index (χ0) is 6.57. The van der Waals surface area contributed by atoms with Crippen LogP contribution in [0.3, 0.4) is 0 Å². The molecule has 8 heavy (non-hydrogen) atoms. The van der Waals surface area contributed by atoms with E-state index >= 15 is 0 Å². The monoisotopic (exact) mass is 156 g/mol. The molecule has 1 unspecified atom stereocenters. The molecule has 0 saturated heterocycles. The fraction of sp³-hybridized carbons (Fsp3) is 1.00. The molecule has 0 nitrogen and oxygen atoms in total. The number of thiol groups is 1.